The van der Waals surface area contributed by atoms with Crippen LogP contribution in [0.25, 0.3) is 11.1 Å². The van der Waals surface area contributed by atoms with E-state index in [-0.39, 0.29) is 22.0 Å². The van der Waals surface area contributed by atoms with Gasteiger partial charge in [-0.15, -0.1) is 0 Å². The number of carboxylic acids is 1. The van der Waals surface area contributed by atoms with Crippen LogP contribution in [0.2, 0.25) is 15.1 Å². The van der Waals surface area contributed by atoms with Gasteiger partial charge in [-0.3, -0.25) is 9.59 Å². The molecule has 1 aromatic heterocycles. The van der Waals surface area contributed by atoms with Gasteiger partial charge in [0.25, 0.3) is 5.56 Å². The molecule has 1 heterocycles. The van der Waals surface area contributed by atoms with Gasteiger partial charge in [-0.1, -0.05) is 34.8 Å². The van der Waals surface area contributed by atoms with Crippen LogP contribution in [-0.2, 0) is 11.2 Å². The van der Waals surface area contributed by atoms with E-state index >= 15 is 0 Å². The molecule has 2 aromatic rings. The lowest BCUT2D eigenvalue weighted by Crippen LogP contribution is -2.13. The number of carboxylic acid groups (broad SMARTS) is 1. The van der Waals surface area contributed by atoms with Crippen molar-refractivity contribution < 1.29 is 9.90 Å². The lowest BCUT2D eigenvalue weighted by atomic mass is 10.1. The Balaban J connectivity index is 2.54. The smallest absolute Gasteiger partial charge is 0.309 e. The monoisotopic (exact) mass is 331 g/mol. The summed E-state index contributed by atoms with van der Waals surface area (Å²) in [5, 5.41) is 9.49. The third kappa shape index (κ3) is 3.15. The minimum absolute atomic E-state index is 0.215. The molecule has 7 heteroatoms. The quantitative estimate of drug-likeness (QED) is 0.843. The van der Waals surface area contributed by atoms with Crippen LogP contribution in [0.1, 0.15) is 5.69 Å². The molecular weight excluding hydrogens is 325 g/mol. The molecule has 0 bridgehead atoms. The Morgan fingerprint density at radius 1 is 1.15 bits per heavy atom. The molecule has 1 aromatic carbocycles. The average Bonchev–Trinajstić information content (AvgIpc) is 2.33. The molecule has 20 heavy (non-hydrogen) atoms. The van der Waals surface area contributed by atoms with Crippen molar-refractivity contribution in [2.75, 3.05) is 0 Å². The highest BCUT2D eigenvalue weighted by atomic mass is 35.5. The lowest BCUT2D eigenvalue weighted by molar-refractivity contribution is -0.136. The Hall–Kier alpha value is -1.49. The number of aliphatic carboxylic acids is 1. The maximum Gasteiger partial charge on any atom is 0.309 e. The van der Waals surface area contributed by atoms with Gasteiger partial charge in [-0.25, -0.2) is 0 Å². The summed E-state index contributed by atoms with van der Waals surface area (Å²) in [6, 6.07) is 6.00. The minimum atomic E-state index is -1.03. The molecule has 0 amide bonds. The van der Waals surface area contributed by atoms with E-state index in [1.807, 2.05) is 0 Å². The number of benzene rings is 1. The summed E-state index contributed by atoms with van der Waals surface area (Å²) in [6.45, 7) is 0. The Morgan fingerprint density at radius 2 is 1.85 bits per heavy atom. The van der Waals surface area contributed by atoms with E-state index in [2.05, 4.69) is 4.98 Å². The highest BCUT2D eigenvalue weighted by molar-refractivity contribution is 6.45. The van der Waals surface area contributed by atoms with E-state index in [0.29, 0.717) is 16.3 Å². The number of halogens is 3. The molecule has 0 spiro atoms. The number of aromatic amines is 1. The van der Waals surface area contributed by atoms with Crippen LogP contribution in [0.15, 0.2) is 29.1 Å². The minimum Gasteiger partial charge on any atom is -0.481 e. The van der Waals surface area contributed by atoms with Crippen LogP contribution in [-0.4, -0.2) is 16.1 Å². The van der Waals surface area contributed by atoms with Crippen LogP contribution < -0.4 is 5.56 Å². The summed E-state index contributed by atoms with van der Waals surface area (Å²) in [5.74, 6) is -1.03. The van der Waals surface area contributed by atoms with Crippen molar-refractivity contribution >= 4 is 40.8 Å². The zero-order valence-corrected chi connectivity index (χ0v) is 12.2. The number of hydrogen-bond donors (Lipinski definition) is 2. The first kappa shape index (κ1) is 14.9. The second kappa shape index (κ2) is 5.87. The first-order valence-corrected chi connectivity index (χ1v) is 6.61. The molecule has 0 saturated heterocycles. The molecule has 2 N–H and O–H groups in total. The van der Waals surface area contributed by atoms with Gasteiger partial charge in [-0.2, -0.15) is 0 Å². The molecule has 0 aliphatic heterocycles. The SMILES string of the molecule is O=C(O)Cc1ccc(-c2cc(Cl)cc(Cl)c2Cl)c(=O)[nH]1. The second-order valence-electron chi connectivity index (χ2n) is 4.05. The fourth-order valence-electron chi connectivity index (χ4n) is 1.74. The summed E-state index contributed by atoms with van der Waals surface area (Å²) < 4.78 is 0. The van der Waals surface area contributed by atoms with Crippen LogP contribution >= 0.6 is 34.8 Å². The van der Waals surface area contributed by atoms with Crippen molar-refractivity contribution in [3.8, 4) is 11.1 Å². The molecule has 4 nitrogen and oxygen atoms in total. The average molecular weight is 333 g/mol. The molecule has 0 radical (unpaired) electrons. The van der Waals surface area contributed by atoms with E-state index < -0.39 is 11.5 Å². The molecule has 0 aliphatic rings. The molecule has 0 unspecified atom stereocenters. The first-order chi connectivity index (χ1) is 9.38. The molecule has 0 fully saturated rings. The zero-order valence-electron chi connectivity index (χ0n) is 9.91. The van der Waals surface area contributed by atoms with Crippen LogP contribution in [0.4, 0.5) is 0 Å². The summed E-state index contributed by atoms with van der Waals surface area (Å²) in [7, 11) is 0. The summed E-state index contributed by atoms with van der Waals surface area (Å²) in [5.41, 5.74) is 0.514. The lowest BCUT2D eigenvalue weighted by Gasteiger charge is -2.07. The van der Waals surface area contributed by atoms with Crippen molar-refractivity contribution in [3.63, 3.8) is 0 Å². The maximum atomic E-state index is 12.0. The molecule has 0 saturated carbocycles. The Kier molecular flexibility index (Phi) is 4.38. The molecule has 0 atom stereocenters. The Labute approximate surface area is 128 Å². The predicted octanol–water partition coefficient (Wildman–Crippen LogP) is 3.63. The van der Waals surface area contributed by atoms with Gasteiger partial charge in [0.15, 0.2) is 0 Å². The Bertz CT molecular complexity index is 740. The first-order valence-electron chi connectivity index (χ1n) is 5.47. The van der Waals surface area contributed by atoms with E-state index in [4.69, 9.17) is 39.9 Å². The summed E-state index contributed by atoms with van der Waals surface area (Å²) in [4.78, 5) is 25.1. The fraction of sp³-hybridized carbons (Fsp3) is 0.0769. The van der Waals surface area contributed by atoms with Gasteiger partial charge < -0.3 is 10.1 Å². The number of nitrogens with one attached hydrogen (secondary N) is 1. The van der Waals surface area contributed by atoms with Gasteiger partial charge in [0.2, 0.25) is 0 Å². The van der Waals surface area contributed by atoms with Crippen LogP contribution in [0.3, 0.4) is 0 Å². The van der Waals surface area contributed by atoms with Crippen molar-refractivity contribution in [2.45, 2.75) is 6.42 Å². The van der Waals surface area contributed by atoms with Gasteiger partial charge in [0.05, 0.1) is 16.5 Å². The van der Waals surface area contributed by atoms with Crippen molar-refractivity contribution in [1.29, 1.82) is 0 Å². The van der Waals surface area contributed by atoms with Gasteiger partial charge in [0.1, 0.15) is 0 Å². The van der Waals surface area contributed by atoms with Crippen molar-refractivity contribution in [2.24, 2.45) is 0 Å². The zero-order chi connectivity index (χ0) is 14.9. The molecule has 2 rings (SSSR count). The van der Waals surface area contributed by atoms with E-state index in [1.165, 1.54) is 24.3 Å². The third-order valence-electron chi connectivity index (χ3n) is 2.59. The van der Waals surface area contributed by atoms with Crippen molar-refractivity contribution in [3.05, 3.63) is 55.4 Å². The van der Waals surface area contributed by atoms with Gasteiger partial charge in [-0.05, 0) is 24.3 Å². The normalized spacial score (nSPS) is 10.6. The standard InChI is InChI=1S/C13H8Cl3NO3/c14-6-3-9(12(16)10(15)4-6)8-2-1-7(5-11(18)19)17-13(8)20/h1-4H,5H2,(H,17,20)(H,18,19). The van der Waals surface area contributed by atoms with Crippen LogP contribution in [0, 0.1) is 0 Å². The van der Waals surface area contributed by atoms with Gasteiger partial charge in [0, 0.05) is 21.8 Å². The molecule has 104 valence electrons. The molecule has 0 aliphatic carbocycles. The Morgan fingerprint density at radius 3 is 2.45 bits per heavy atom. The highest BCUT2D eigenvalue weighted by Crippen LogP contribution is 2.35. The summed E-state index contributed by atoms with van der Waals surface area (Å²) in [6.07, 6.45) is -0.264. The topological polar surface area (TPSA) is 70.2 Å². The molecular formula is C13H8Cl3NO3. The van der Waals surface area contributed by atoms with E-state index in [9.17, 15) is 9.59 Å². The third-order valence-corrected chi connectivity index (χ3v) is 3.61. The second-order valence-corrected chi connectivity index (χ2v) is 5.27. The number of rotatable bonds is 3. The summed E-state index contributed by atoms with van der Waals surface area (Å²) >= 11 is 17.9. The van der Waals surface area contributed by atoms with E-state index in [0.717, 1.165) is 0 Å². The number of pyridine rings is 1. The largest absolute Gasteiger partial charge is 0.481 e. The highest BCUT2D eigenvalue weighted by Gasteiger charge is 2.13. The predicted molar refractivity (Wildman–Crippen MR) is 78.9 cm³/mol. The fourth-order valence-corrected chi connectivity index (χ4v) is 2.45. The number of hydrogen-bond acceptors (Lipinski definition) is 2. The van der Waals surface area contributed by atoms with E-state index in [1.54, 1.807) is 0 Å². The van der Waals surface area contributed by atoms with Crippen molar-refractivity contribution in [1.82, 2.24) is 4.98 Å². The van der Waals surface area contributed by atoms with Gasteiger partial charge >= 0.3 is 5.97 Å². The number of aromatic nitrogens is 1. The number of carbonyl (C=O) groups is 1. The van der Waals surface area contributed by atoms with Crippen LogP contribution in [0.5, 0.6) is 0 Å². The number of H-pyrrole nitrogens is 1. The maximum absolute atomic E-state index is 12.0.